The molecule has 1 aromatic heterocycles. The van der Waals surface area contributed by atoms with Crippen LogP contribution < -0.4 is 5.32 Å². The maximum atomic E-state index is 13.8. The minimum atomic E-state index is -0.911. The van der Waals surface area contributed by atoms with Gasteiger partial charge in [0.1, 0.15) is 11.8 Å². The van der Waals surface area contributed by atoms with Crippen LogP contribution in [0.1, 0.15) is 48.2 Å². The van der Waals surface area contributed by atoms with E-state index in [2.05, 4.69) is 10.3 Å². The van der Waals surface area contributed by atoms with Crippen LogP contribution in [0.2, 0.25) is 0 Å². The van der Waals surface area contributed by atoms with E-state index < -0.39 is 11.8 Å². The zero-order valence-electron chi connectivity index (χ0n) is 20.0. The van der Waals surface area contributed by atoms with Crippen molar-refractivity contribution in [3.63, 3.8) is 0 Å². The van der Waals surface area contributed by atoms with E-state index in [4.69, 9.17) is 4.74 Å². The Hall–Kier alpha value is -3.26. The Labute approximate surface area is 200 Å². The molecule has 1 atom stereocenters. The van der Waals surface area contributed by atoms with Crippen LogP contribution in [0.15, 0.2) is 48.8 Å². The standard InChI is InChI=1S/C26H32N4O4/c1-18(2)24(32)29-14-10-26(11-15-29)30(25(33)21-7-5-4-6-19(21)3)22(17-34-26)23(31)28-16-20-8-12-27-13-9-20/h4-9,12-13,18,22H,10-11,14-17H2,1-3H3,(H,28,31)/t22-/m1/s1. The Morgan fingerprint density at radius 2 is 1.79 bits per heavy atom. The van der Waals surface area contributed by atoms with Gasteiger partial charge in [-0.1, -0.05) is 32.0 Å². The van der Waals surface area contributed by atoms with E-state index in [0.29, 0.717) is 38.0 Å². The molecule has 1 aromatic carbocycles. The molecule has 0 radical (unpaired) electrons. The van der Waals surface area contributed by atoms with E-state index in [1.165, 1.54) is 0 Å². The summed E-state index contributed by atoms with van der Waals surface area (Å²) in [5.74, 6) is -0.467. The van der Waals surface area contributed by atoms with Gasteiger partial charge < -0.3 is 15.0 Å². The first-order valence-corrected chi connectivity index (χ1v) is 11.8. The van der Waals surface area contributed by atoms with Gasteiger partial charge in [-0.05, 0) is 36.2 Å². The number of hydrogen-bond donors (Lipinski definition) is 1. The summed E-state index contributed by atoms with van der Waals surface area (Å²) in [7, 11) is 0. The van der Waals surface area contributed by atoms with Crippen LogP contribution in [0.3, 0.4) is 0 Å². The van der Waals surface area contributed by atoms with Crippen LogP contribution in [0.25, 0.3) is 0 Å². The molecule has 34 heavy (non-hydrogen) atoms. The van der Waals surface area contributed by atoms with Gasteiger partial charge in [-0.2, -0.15) is 0 Å². The number of nitrogens with zero attached hydrogens (tertiary/aromatic N) is 3. The maximum Gasteiger partial charge on any atom is 0.257 e. The van der Waals surface area contributed by atoms with Crippen LogP contribution in [0.5, 0.6) is 0 Å². The van der Waals surface area contributed by atoms with E-state index >= 15 is 0 Å². The summed E-state index contributed by atoms with van der Waals surface area (Å²) < 4.78 is 6.25. The van der Waals surface area contributed by atoms with Crippen molar-refractivity contribution < 1.29 is 19.1 Å². The fraction of sp³-hybridized carbons (Fsp3) is 0.462. The quantitative estimate of drug-likeness (QED) is 0.734. The minimum absolute atomic E-state index is 0.0880. The van der Waals surface area contributed by atoms with Crippen molar-refractivity contribution in [1.29, 1.82) is 0 Å². The second-order valence-electron chi connectivity index (χ2n) is 9.32. The molecular formula is C26H32N4O4. The largest absolute Gasteiger partial charge is 0.353 e. The summed E-state index contributed by atoms with van der Waals surface area (Å²) in [6.45, 7) is 7.09. The van der Waals surface area contributed by atoms with Gasteiger partial charge in [0.25, 0.3) is 5.91 Å². The number of ether oxygens (including phenoxy) is 1. The number of nitrogens with one attached hydrogen (secondary N) is 1. The first-order chi connectivity index (χ1) is 16.3. The zero-order chi connectivity index (χ0) is 24.3. The molecule has 2 fully saturated rings. The predicted molar refractivity (Wildman–Crippen MR) is 127 cm³/mol. The molecule has 1 spiro atoms. The maximum absolute atomic E-state index is 13.8. The highest BCUT2D eigenvalue weighted by Crippen LogP contribution is 2.39. The number of rotatable bonds is 5. The van der Waals surface area contributed by atoms with E-state index in [1.54, 1.807) is 23.4 Å². The highest BCUT2D eigenvalue weighted by Gasteiger charge is 2.54. The Bertz CT molecular complexity index is 1050. The molecule has 0 unspecified atom stereocenters. The number of hydrogen-bond acceptors (Lipinski definition) is 5. The lowest BCUT2D eigenvalue weighted by Gasteiger charge is -2.45. The van der Waals surface area contributed by atoms with Crippen LogP contribution in [0.4, 0.5) is 0 Å². The molecule has 3 heterocycles. The molecule has 0 saturated carbocycles. The summed E-state index contributed by atoms with van der Waals surface area (Å²) in [5, 5.41) is 2.95. The average Bonchev–Trinajstić information content (AvgIpc) is 3.21. The molecule has 1 N–H and O–H groups in total. The number of aromatic nitrogens is 1. The molecule has 0 aliphatic carbocycles. The topological polar surface area (TPSA) is 91.8 Å². The van der Waals surface area contributed by atoms with Gasteiger partial charge in [-0.25, -0.2) is 0 Å². The molecule has 4 rings (SSSR count). The number of likely N-dealkylation sites (tertiary alicyclic amines) is 1. The summed E-state index contributed by atoms with van der Waals surface area (Å²) in [5.41, 5.74) is 1.42. The van der Waals surface area contributed by atoms with E-state index in [9.17, 15) is 14.4 Å². The van der Waals surface area contributed by atoms with Crippen LogP contribution in [-0.4, -0.2) is 64.0 Å². The molecule has 180 valence electrons. The van der Waals surface area contributed by atoms with Gasteiger partial charge in [0.15, 0.2) is 0 Å². The molecule has 2 aromatic rings. The Morgan fingerprint density at radius 1 is 1.12 bits per heavy atom. The molecule has 2 saturated heterocycles. The second-order valence-corrected chi connectivity index (χ2v) is 9.32. The van der Waals surface area contributed by atoms with Crippen LogP contribution >= 0.6 is 0 Å². The van der Waals surface area contributed by atoms with Crippen molar-refractivity contribution >= 4 is 17.7 Å². The monoisotopic (exact) mass is 464 g/mol. The lowest BCUT2D eigenvalue weighted by molar-refractivity contribution is -0.146. The number of pyridine rings is 1. The molecule has 3 amide bonds. The average molecular weight is 465 g/mol. The zero-order valence-corrected chi connectivity index (χ0v) is 20.0. The number of benzene rings is 1. The number of carbonyl (C=O) groups is 3. The lowest BCUT2D eigenvalue weighted by Crippen LogP contribution is -2.60. The number of amides is 3. The molecule has 2 aliphatic heterocycles. The van der Waals surface area contributed by atoms with Gasteiger partial charge in [0.2, 0.25) is 11.8 Å². The van der Waals surface area contributed by atoms with E-state index in [0.717, 1.165) is 11.1 Å². The smallest absolute Gasteiger partial charge is 0.257 e. The van der Waals surface area contributed by atoms with Gasteiger partial charge >= 0.3 is 0 Å². The third-order valence-corrected chi connectivity index (χ3v) is 6.72. The molecule has 8 nitrogen and oxygen atoms in total. The Morgan fingerprint density at radius 3 is 2.44 bits per heavy atom. The minimum Gasteiger partial charge on any atom is -0.353 e. The number of piperidine rings is 1. The molecule has 0 bridgehead atoms. The van der Waals surface area contributed by atoms with Gasteiger partial charge in [-0.3, -0.25) is 24.3 Å². The highest BCUT2D eigenvalue weighted by molar-refractivity contribution is 5.99. The van der Waals surface area contributed by atoms with Crippen molar-refractivity contribution in [3.05, 3.63) is 65.5 Å². The fourth-order valence-corrected chi connectivity index (χ4v) is 4.76. The second kappa shape index (κ2) is 9.93. The molecule has 8 heteroatoms. The predicted octanol–water partition coefficient (Wildman–Crippen LogP) is 2.52. The fourth-order valence-electron chi connectivity index (χ4n) is 4.76. The first-order valence-electron chi connectivity index (χ1n) is 11.8. The molecule has 2 aliphatic rings. The third-order valence-electron chi connectivity index (χ3n) is 6.72. The highest BCUT2D eigenvalue weighted by atomic mass is 16.5. The third kappa shape index (κ3) is 4.68. The van der Waals surface area contributed by atoms with Gasteiger partial charge in [0, 0.05) is 56.4 Å². The first kappa shape index (κ1) is 23.9. The Balaban J connectivity index is 1.58. The molecular weight excluding hydrogens is 432 g/mol. The Kier molecular flexibility index (Phi) is 6.97. The van der Waals surface area contributed by atoms with E-state index in [-0.39, 0.29) is 30.2 Å². The van der Waals surface area contributed by atoms with Crippen LogP contribution in [0, 0.1) is 12.8 Å². The number of aryl methyl sites for hydroxylation is 1. The van der Waals surface area contributed by atoms with Crippen molar-refractivity contribution in [1.82, 2.24) is 20.1 Å². The summed E-state index contributed by atoms with van der Waals surface area (Å²) in [4.78, 5) is 47.1. The summed E-state index contributed by atoms with van der Waals surface area (Å²) >= 11 is 0. The summed E-state index contributed by atoms with van der Waals surface area (Å²) in [6.07, 6.45) is 4.29. The van der Waals surface area contributed by atoms with Crippen LogP contribution in [-0.2, 0) is 20.9 Å². The SMILES string of the molecule is Cc1ccccc1C(=O)N1[C@@H](C(=O)NCc2ccncc2)COC12CCN(C(=O)C(C)C)CC2. The summed E-state index contributed by atoms with van der Waals surface area (Å²) in [6, 6.07) is 10.3. The normalized spacial score (nSPS) is 19.5. The van der Waals surface area contributed by atoms with Crippen molar-refractivity contribution in [3.8, 4) is 0 Å². The van der Waals surface area contributed by atoms with Gasteiger partial charge in [0.05, 0.1) is 6.61 Å². The lowest BCUT2D eigenvalue weighted by atomic mass is 9.95. The number of carbonyl (C=O) groups excluding carboxylic acids is 3. The van der Waals surface area contributed by atoms with Crippen molar-refractivity contribution in [2.75, 3.05) is 19.7 Å². The van der Waals surface area contributed by atoms with Crippen molar-refractivity contribution in [2.24, 2.45) is 5.92 Å². The van der Waals surface area contributed by atoms with Gasteiger partial charge in [-0.15, -0.1) is 0 Å². The van der Waals surface area contributed by atoms with Crippen molar-refractivity contribution in [2.45, 2.75) is 51.9 Å². The van der Waals surface area contributed by atoms with E-state index in [1.807, 2.05) is 56.0 Å².